The molecule has 58 heavy (non-hydrogen) atoms. The van der Waals surface area contributed by atoms with Gasteiger partial charge in [0.05, 0.1) is 24.5 Å². The second-order valence-electron chi connectivity index (χ2n) is 14.1. The lowest BCUT2D eigenvalue weighted by atomic mass is 9.94. The summed E-state index contributed by atoms with van der Waals surface area (Å²) >= 11 is 0. The van der Waals surface area contributed by atoms with Crippen LogP contribution in [0.2, 0.25) is 0 Å². The van der Waals surface area contributed by atoms with Crippen molar-refractivity contribution < 1.29 is 48.5 Å². The van der Waals surface area contributed by atoms with Crippen LogP contribution in [0, 0.1) is 11.8 Å². The van der Waals surface area contributed by atoms with Crippen molar-refractivity contribution in [2.24, 2.45) is 28.3 Å². The molecule has 1 fully saturated rings. The maximum absolute atomic E-state index is 14.0. The zero-order valence-corrected chi connectivity index (χ0v) is 33.9. The average Bonchev–Trinajstić information content (AvgIpc) is 3.17. The smallest absolute Gasteiger partial charge is 0.326 e. The summed E-state index contributed by atoms with van der Waals surface area (Å²) in [6.45, 7) is 6.81. The number of nitrogens with two attached hydrogens (primary N) is 2. The van der Waals surface area contributed by atoms with Gasteiger partial charge < -0.3 is 52.6 Å². The third-order valence-electron chi connectivity index (χ3n) is 9.62. The molecule has 1 saturated heterocycles. The van der Waals surface area contributed by atoms with Gasteiger partial charge in [-0.25, -0.2) is 9.59 Å². The molecule has 5 amide bonds. The van der Waals surface area contributed by atoms with E-state index in [1.54, 1.807) is 19.3 Å². The van der Waals surface area contributed by atoms with Crippen LogP contribution in [0.15, 0.2) is 70.9 Å². The van der Waals surface area contributed by atoms with Crippen LogP contribution in [-0.4, -0.2) is 114 Å². The number of methoxy groups -OCH3 is 1. The molecule has 1 aliphatic heterocycles. The summed E-state index contributed by atoms with van der Waals surface area (Å²) in [6.07, 6.45) is 5.57. The first-order chi connectivity index (χ1) is 27.4. The highest BCUT2D eigenvalue weighted by molar-refractivity contribution is 6.00. The number of ether oxygens (including phenoxy) is 1. The minimum Gasteiger partial charge on any atom is -0.480 e. The van der Waals surface area contributed by atoms with Crippen molar-refractivity contribution in [2.75, 3.05) is 20.7 Å². The predicted molar refractivity (Wildman–Crippen MR) is 215 cm³/mol. The van der Waals surface area contributed by atoms with E-state index in [-0.39, 0.29) is 49.5 Å². The van der Waals surface area contributed by atoms with Crippen LogP contribution in [0.1, 0.15) is 65.4 Å². The number of nitrogens with zero attached hydrogens (tertiary/aromatic N) is 2. The number of rotatable bonds is 13. The largest absolute Gasteiger partial charge is 0.480 e. The number of aliphatic imine (C=N–C) groups is 1. The number of benzene rings is 1. The number of carboxylic acids is 2. The maximum Gasteiger partial charge on any atom is 0.326 e. The van der Waals surface area contributed by atoms with E-state index in [1.807, 2.05) is 50.3 Å². The van der Waals surface area contributed by atoms with Crippen LogP contribution < -0.4 is 32.7 Å². The Morgan fingerprint density at radius 2 is 1.66 bits per heavy atom. The third kappa shape index (κ3) is 15.8. The highest BCUT2D eigenvalue weighted by Crippen LogP contribution is 2.18. The molecule has 10 N–H and O–H groups in total. The van der Waals surface area contributed by atoms with Crippen LogP contribution in [0.25, 0.3) is 0 Å². The summed E-state index contributed by atoms with van der Waals surface area (Å²) < 4.78 is 5.78. The fourth-order valence-electron chi connectivity index (χ4n) is 6.18. The molecule has 0 saturated carbocycles. The quantitative estimate of drug-likeness (QED) is 0.0450. The molecule has 0 aliphatic carbocycles. The Balaban J connectivity index is 2.59. The number of carbonyl (C=O) groups is 7. The van der Waals surface area contributed by atoms with Gasteiger partial charge in [-0.05, 0) is 45.1 Å². The zero-order valence-electron chi connectivity index (χ0n) is 33.9. The van der Waals surface area contributed by atoms with Gasteiger partial charge in [0, 0.05) is 33.0 Å². The van der Waals surface area contributed by atoms with Gasteiger partial charge in [-0.1, -0.05) is 74.1 Å². The van der Waals surface area contributed by atoms with E-state index in [0.29, 0.717) is 6.42 Å². The van der Waals surface area contributed by atoms with Crippen molar-refractivity contribution >= 4 is 47.4 Å². The number of likely N-dealkylation sites (N-methyl/N-ethyl adjacent to an activating group) is 1. The Bertz CT molecular complexity index is 1740. The number of hydrogen-bond acceptors (Lipinski definition) is 9. The zero-order chi connectivity index (χ0) is 43.5. The fraction of sp³-hybridized carbons (Fsp3) is 0.500. The van der Waals surface area contributed by atoms with E-state index in [2.05, 4.69) is 26.3 Å². The first-order valence-electron chi connectivity index (χ1n) is 19.0. The number of allylic oxidation sites excluding steroid dienone is 3. The van der Waals surface area contributed by atoms with Crippen molar-refractivity contribution in [1.82, 2.24) is 26.2 Å². The van der Waals surface area contributed by atoms with Gasteiger partial charge in [0.1, 0.15) is 23.8 Å². The van der Waals surface area contributed by atoms with Crippen molar-refractivity contribution in [3.63, 3.8) is 0 Å². The fourth-order valence-corrected chi connectivity index (χ4v) is 6.18. The first kappa shape index (κ1) is 48.1. The van der Waals surface area contributed by atoms with Crippen molar-refractivity contribution in [3.05, 3.63) is 71.5 Å². The molecule has 0 unspecified atom stereocenters. The van der Waals surface area contributed by atoms with Crippen molar-refractivity contribution in [1.29, 1.82) is 0 Å². The van der Waals surface area contributed by atoms with E-state index in [0.717, 1.165) is 16.0 Å². The number of carbonyl (C=O) groups excluding carboxylic acids is 5. The predicted octanol–water partition coefficient (Wildman–Crippen LogP) is 0.727. The van der Waals surface area contributed by atoms with Gasteiger partial charge in [0.25, 0.3) is 5.91 Å². The average molecular weight is 811 g/mol. The molecule has 318 valence electrons. The van der Waals surface area contributed by atoms with Crippen LogP contribution in [-0.2, 0) is 44.7 Å². The van der Waals surface area contributed by atoms with Gasteiger partial charge in [0.15, 0.2) is 5.96 Å². The molecular formula is C40H58N8O10. The normalized spacial score (nSPS) is 24.0. The van der Waals surface area contributed by atoms with Gasteiger partial charge in [-0.2, -0.15) is 0 Å². The van der Waals surface area contributed by atoms with Gasteiger partial charge in [0.2, 0.25) is 23.6 Å². The van der Waals surface area contributed by atoms with Gasteiger partial charge >= 0.3 is 11.9 Å². The van der Waals surface area contributed by atoms with Crippen LogP contribution >= 0.6 is 0 Å². The summed E-state index contributed by atoms with van der Waals surface area (Å²) in [6, 6.07) is 4.18. The molecule has 0 bridgehead atoms. The van der Waals surface area contributed by atoms with Crippen LogP contribution in [0.5, 0.6) is 0 Å². The topological polar surface area (TPSA) is 285 Å². The first-order valence-corrected chi connectivity index (χ1v) is 19.0. The van der Waals surface area contributed by atoms with Crippen molar-refractivity contribution in [2.45, 2.75) is 96.5 Å². The number of carboxylic acid groups (broad SMARTS) is 2. The lowest BCUT2D eigenvalue weighted by molar-refractivity contribution is -0.143. The molecule has 7 atom stereocenters. The van der Waals surface area contributed by atoms with Crippen LogP contribution in [0.3, 0.4) is 0 Å². The molecule has 1 aromatic rings. The number of amides is 5. The maximum atomic E-state index is 14.0. The minimum atomic E-state index is -1.77. The standard InChI is InChI=1S/C40H58N8O10/c1-7-31-37(53)47-30(39(56)57)22-33(49)44-28(14-11-19-43-40(41)42)36(52)45-27(25(4)35(51)46-29(38(54)55)17-18-34(50)48(31)5)16-15-23(2)20-24(3)32(58-6)21-26-12-9-8-10-13-26/h7-10,12-13,15-16,20,24-25,27-30,32H,11,14,17-19,21-22H2,1-6H3,(H,44,49)(H,45,52)(H,46,51)(H,47,53)(H,54,55)(H,56,57)(H4,41,42,43)/b16-15+,23-20+,31-7-/t24-,25-,27-,28+,29+,30+,32-/m0/s1. The summed E-state index contributed by atoms with van der Waals surface area (Å²) in [5.74, 6) is -8.45. The van der Waals surface area contributed by atoms with E-state index >= 15 is 0 Å². The monoisotopic (exact) mass is 810 g/mol. The summed E-state index contributed by atoms with van der Waals surface area (Å²) in [5.41, 5.74) is 12.5. The minimum absolute atomic E-state index is 0.0254. The molecule has 0 spiro atoms. The van der Waals surface area contributed by atoms with Gasteiger partial charge in [-0.15, -0.1) is 0 Å². The molecule has 1 heterocycles. The molecule has 2 rings (SSSR count). The Hall–Kier alpha value is -6.04. The number of nitrogens with one attached hydrogen (secondary N) is 4. The lowest BCUT2D eigenvalue weighted by Gasteiger charge is -2.27. The second kappa shape index (κ2) is 23.9. The molecule has 1 aromatic carbocycles. The lowest BCUT2D eigenvalue weighted by Crippen LogP contribution is -2.54. The summed E-state index contributed by atoms with van der Waals surface area (Å²) in [5, 5.41) is 29.9. The van der Waals surface area contributed by atoms with E-state index in [1.165, 1.54) is 27.0 Å². The molecule has 1 aliphatic rings. The van der Waals surface area contributed by atoms with E-state index in [4.69, 9.17) is 16.2 Å². The Kier molecular flexibility index (Phi) is 19.8. The molecule has 0 radical (unpaired) electrons. The van der Waals surface area contributed by atoms with Gasteiger partial charge in [-0.3, -0.25) is 29.0 Å². The highest BCUT2D eigenvalue weighted by Gasteiger charge is 2.33. The number of hydrogen-bond donors (Lipinski definition) is 8. The third-order valence-corrected chi connectivity index (χ3v) is 9.62. The van der Waals surface area contributed by atoms with E-state index in [9.17, 15) is 43.8 Å². The molecular weight excluding hydrogens is 752 g/mol. The van der Waals surface area contributed by atoms with Crippen LogP contribution in [0.4, 0.5) is 0 Å². The number of guanidine groups is 1. The van der Waals surface area contributed by atoms with E-state index < -0.39 is 84.4 Å². The Morgan fingerprint density at radius 1 is 1.00 bits per heavy atom. The Morgan fingerprint density at radius 3 is 2.24 bits per heavy atom. The number of aliphatic carboxylic acids is 2. The SMILES string of the molecule is C/C=C1/C(=O)N[C@@H](C(=O)O)CC(=O)N[C@H](CCCN=C(N)N)C(=O)N[C@@H](/C=C/C(C)=C/[C@H](C)[C@H](Cc2ccccc2)OC)[C@H](C)C(=O)N[C@@H](C(=O)O)CCC(=O)N1C. The van der Waals surface area contributed by atoms with Crippen molar-refractivity contribution in [3.8, 4) is 0 Å². The molecule has 18 heteroatoms. The highest BCUT2D eigenvalue weighted by atomic mass is 16.5. The molecule has 0 aromatic heterocycles. The summed E-state index contributed by atoms with van der Waals surface area (Å²) in [4.78, 5) is 96.5. The molecule has 18 nitrogen and oxygen atoms in total. The summed E-state index contributed by atoms with van der Waals surface area (Å²) in [7, 11) is 2.88. The second-order valence-corrected chi connectivity index (χ2v) is 14.1. The Labute approximate surface area is 338 Å².